The monoisotopic (exact) mass is 303 g/mol. The first-order valence-corrected chi connectivity index (χ1v) is 7.15. The summed E-state index contributed by atoms with van der Waals surface area (Å²) in [6.45, 7) is 0.271. The van der Waals surface area contributed by atoms with Gasteiger partial charge < -0.3 is 15.5 Å². The highest BCUT2D eigenvalue weighted by Crippen LogP contribution is 2.17. The number of pyridine rings is 1. The normalized spacial score (nSPS) is 11.1. The van der Waals surface area contributed by atoms with Gasteiger partial charge in [0.05, 0.1) is 18.8 Å². The molecule has 0 fully saturated rings. The average Bonchev–Trinajstić information content (AvgIpc) is 2.45. The Bertz CT molecular complexity index is 548. The number of hydrogen-bond donors (Lipinski definition) is 4. The maximum atomic E-state index is 12.0. The first-order valence-electron chi connectivity index (χ1n) is 5.67. The number of methoxy groups -OCH3 is 1. The summed E-state index contributed by atoms with van der Waals surface area (Å²) in [7, 11) is -2.38. The Hall–Kier alpha value is -1.75. The van der Waals surface area contributed by atoms with Crippen LogP contribution in [-0.2, 0) is 19.6 Å². The lowest BCUT2D eigenvalue weighted by Gasteiger charge is -2.10. The lowest BCUT2D eigenvalue weighted by Crippen LogP contribution is -2.38. The Balaban J connectivity index is 2.64. The summed E-state index contributed by atoms with van der Waals surface area (Å²) in [5, 5.41) is 2.49. The molecule has 0 aliphatic rings. The molecule has 1 amide bonds. The van der Waals surface area contributed by atoms with Gasteiger partial charge in [0.2, 0.25) is 15.9 Å². The summed E-state index contributed by atoms with van der Waals surface area (Å²) in [5.41, 5.74) is 2.44. The van der Waals surface area contributed by atoms with E-state index in [9.17, 15) is 13.2 Å². The van der Waals surface area contributed by atoms with Crippen LogP contribution >= 0.6 is 0 Å². The van der Waals surface area contributed by atoms with E-state index in [4.69, 9.17) is 10.6 Å². The van der Waals surface area contributed by atoms with Crippen LogP contribution in [0, 0.1) is 0 Å². The third-order valence-corrected chi connectivity index (χ3v) is 3.71. The summed E-state index contributed by atoms with van der Waals surface area (Å²) < 4.78 is 30.9. The average molecular weight is 303 g/mol. The molecule has 20 heavy (non-hydrogen) atoms. The predicted octanol–water partition coefficient (Wildman–Crippen LogP) is -1.59. The van der Waals surface area contributed by atoms with Crippen molar-refractivity contribution in [1.82, 2.24) is 15.0 Å². The highest BCUT2D eigenvalue weighted by Gasteiger charge is 2.19. The molecule has 0 radical (unpaired) electrons. The fourth-order valence-electron chi connectivity index (χ4n) is 1.31. The fraction of sp³-hybridized carbons (Fsp3) is 0.400. The molecule has 0 saturated heterocycles. The number of carbonyl (C=O) groups is 1. The lowest BCUT2D eigenvalue weighted by molar-refractivity contribution is -0.120. The van der Waals surface area contributed by atoms with Crippen LogP contribution in [-0.4, -0.2) is 46.1 Å². The van der Waals surface area contributed by atoms with E-state index >= 15 is 0 Å². The molecule has 10 heteroatoms. The van der Waals surface area contributed by atoms with E-state index < -0.39 is 15.9 Å². The molecule has 0 atom stereocenters. The first-order chi connectivity index (χ1) is 9.51. The van der Waals surface area contributed by atoms with Gasteiger partial charge in [-0.15, -0.1) is 0 Å². The van der Waals surface area contributed by atoms with Gasteiger partial charge in [-0.1, -0.05) is 0 Å². The van der Waals surface area contributed by atoms with Crippen molar-refractivity contribution in [2.75, 3.05) is 32.2 Å². The molecular formula is C10H17N5O4S. The molecule has 0 spiro atoms. The highest BCUT2D eigenvalue weighted by atomic mass is 32.2. The van der Waals surface area contributed by atoms with Gasteiger partial charge in [-0.25, -0.2) is 13.1 Å². The summed E-state index contributed by atoms with van der Waals surface area (Å²) in [5.74, 6) is 4.76. The number of nitrogens with two attached hydrogens (primary N) is 1. The number of nitrogens with zero attached hydrogens (tertiary/aromatic N) is 1. The molecule has 1 aromatic rings. The topological polar surface area (TPSA) is 135 Å². The van der Waals surface area contributed by atoms with Gasteiger partial charge in [-0.2, -0.15) is 0 Å². The van der Waals surface area contributed by atoms with Gasteiger partial charge in [0, 0.05) is 26.0 Å². The third kappa shape index (κ3) is 4.74. The first kappa shape index (κ1) is 16.3. The number of sulfonamides is 1. The van der Waals surface area contributed by atoms with Crippen molar-refractivity contribution in [3.63, 3.8) is 0 Å². The predicted molar refractivity (Wildman–Crippen MR) is 72.1 cm³/mol. The Morgan fingerprint density at radius 1 is 1.50 bits per heavy atom. The smallest absolute Gasteiger partial charge is 0.244 e. The van der Waals surface area contributed by atoms with Crippen LogP contribution in [0.3, 0.4) is 0 Å². The quantitative estimate of drug-likeness (QED) is 0.258. The fourth-order valence-corrected chi connectivity index (χ4v) is 2.40. The van der Waals surface area contributed by atoms with Crippen LogP contribution in [0.25, 0.3) is 0 Å². The number of hydrazine groups is 1. The SMILES string of the molecule is COCCNC(=O)CNS(=O)(=O)c1cnccc1NN. The van der Waals surface area contributed by atoms with Crippen LogP contribution in [0.5, 0.6) is 0 Å². The Morgan fingerprint density at radius 3 is 2.90 bits per heavy atom. The maximum absolute atomic E-state index is 12.0. The molecule has 112 valence electrons. The van der Waals surface area contributed by atoms with Crippen molar-refractivity contribution in [2.24, 2.45) is 5.84 Å². The van der Waals surface area contributed by atoms with Gasteiger partial charge in [-0.3, -0.25) is 15.6 Å². The second-order valence-electron chi connectivity index (χ2n) is 3.68. The maximum Gasteiger partial charge on any atom is 0.244 e. The van der Waals surface area contributed by atoms with Gasteiger partial charge in [-0.05, 0) is 6.07 Å². The molecule has 1 rings (SSSR count). The second-order valence-corrected chi connectivity index (χ2v) is 5.42. The molecule has 0 saturated carbocycles. The molecule has 0 aromatic carbocycles. The van der Waals surface area contributed by atoms with Crippen LogP contribution in [0.1, 0.15) is 0 Å². The standard InChI is InChI=1S/C10H17N5O4S/c1-19-5-4-13-10(16)7-14-20(17,18)9-6-12-3-2-8(9)15-11/h2-3,6,14H,4-5,7,11H2,1H3,(H,12,15)(H,13,16). The van der Waals surface area contributed by atoms with E-state index in [1.54, 1.807) is 0 Å². The van der Waals surface area contributed by atoms with E-state index in [1.165, 1.54) is 19.4 Å². The second kappa shape index (κ2) is 7.75. The van der Waals surface area contributed by atoms with Crippen molar-refractivity contribution in [3.8, 4) is 0 Å². The van der Waals surface area contributed by atoms with Gasteiger partial charge in [0.15, 0.2) is 0 Å². The summed E-state index contributed by atoms with van der Waals surface area (Å²) in [6.07, 6.45) is 2.53. The van der Waals surface area contributed by atoms with E-state index in [-0.39, 0.29) is 17.1 Å². The minimum absolute atomic E-state index is 0.132. The van der Waals surface area contributed by atoms with Crippen LogP contribution in [0.15, 0.2) is 23.4 Å². The largest absolute Gasteiger partial charge is 0.383 e. The van der Waals surface area contributed by atoms with Crippen molar-refractivity contribution in [3.05, 3.63) is 18.5 Å². The van der Waals surface area contributed by atoms with Gasteiger partial charge in [0.25, 0.3) is 0 Å². The molecule has 1 aromatic heterocycles. The number of rotatable bonds is 8. The van der Waals surface area contributed by atoms with Crippen LogP contribution in [0.4, 0.5) is 5.69 Å². The molecule has 0 unspecified atom stereocenters. The Morgan fingerprint density at radius 2 is 2.25 bits per heavy atom. The number of nitrogens with one attached hydrogen (secondary N) is 3. The van der Waals surface area contributed by atoms with E-state index in [0.717, 1.165) is 6.20 Å². The number of ether oxygens (including phenoxy) is 1. The van der Waals surface area contributed by atoms with E-state index in [2.05, 4.69) is 20.4 Å². The van der Waals surface area contributed by atoms with Gasteiger partial charge >= 0.3 is 0 Å². The number of carbonyl (C=O) groups excluding carboxylic acids is 1. The van der Waals surface area contributed by atoms with E-state index in [0.29, 0.717) is 13.2 Å². The zero-order valence-corrected chi connectivity index (χ0v) is 11.7. The summed E-state index contributed by atoms with van der Waals surface area (Å²) >= 11 is 0. The van der Waals surface area contributed by atoms with Crippen LogP contribution in [0.2, 0.25) is 0 Å². The zero-order chi connectivity index (χ0) is 15.0. The Labute approximate surface area is 116 Å². The lowest BCUT2D eigenvalue weighted by atomic mass is 10.4. The van der Waals surface area contributed by atoms with Crippen LogP contribution < -0.4 is 21.3 Å². The third-order valence-electron chi connectivity index (χ3n) is 2.28. The molecule has 0 bridgehead atoms. The molecule has 0 aliphatic carbocycles. The molecule has 9 nitrogen and oxygen atoms in total. The number of amides is 1. The summed E-state index contributed by atoms with van der Waals surface area (Å²) in [6, 6.07) is 1.41. The zero-order valence-electron chi connectivity index (χ0n) is 10.9. The molecule has 5 N–H and O–H groups in total. The number of hydrogen-bond acceptors (Lipinski definition) is 7. The van der Waals surface area contributed by atoms with Crippen molar-refractivity contribution in [1.29, 1.82) is 0 Å². The number of anilines is 1. The van der Waals surface area contributed by atoms with E-state index in [1.807, 2.05) is 0 Å². The highest BCUT2D eigenvalue weighted by molar-refractivity contribution is 7.89. The minimum atomic E-state index is -3.88. The molecular weight excluding hydrogens is 286 g/mol. The van der Waals surface area contributed by atoms with Gasteiger partial charge in [0.1, 0.15) is 4.90 Å². The van der Waals surface area contributed by atoms with Crippen molar-refractivity contribution >= 4 is 21.6 Å². The van der Waals surface area contributed by atoms with Crippen molar-refractivity contribution in [2.45, 2.75) is 4.90 Å². The Kier molecular flexibility index (Phi) is 6.31. The number of aromatic nitrogens is 1. The molecule has 0 aliphatic heterocycles. The minimum Gasteiger partial charge on any atom is -0.383 e. The van der Waals surface area contributed by atoms with Crippen molar-refractivity contribution < 1.29 is 17.9 Å². The molecule has 1 heterocycles. The summed E-state index contributed by atoms with van der Waals surface area (Å²) in [4.78, 5) is 15.0. The number of nitrogen functional groups attached to an aromatic ring is 1.